The van der Waals surface area contributed by atoms with Crippen molar-refractivity contribution in [2.24, 2.45) is 0 Å². The third kappa shape index (κ3) is 2.51. The monoisotopic (exact) mass is 303 g/mol. The average molecular weight is 303 g/mol. The minimum Gasteiger partial charge on any atom is -0.506 e. The van der Waals surface area contributed by atoms with E-state index < -0.39 is 0 Å². The Morgan fingerprint density at radius 2 is 2.33 bits per heavy atom. The summed E-state index contributed by atoms with van der Waals surface area (Å²) in [6.45, 7) is 2.67. The molecule has 1 aromatic heterocycles. The SMILES string of the molecule is CCCc1nnsc1C(=O)N1CCCc2cccc(O)c21. The van der Waals surface area contributed by atoms with E-state index in [1.54, 1.807) is 11.0 Å². The Hall–Kier alpha value is -1.95. The molecule has 0 saturated carbocycles. The number of hydrogen-bond acceptors (Lipinski definition) is 5. The molecule has 0 unspecified atom stereocenters. The van der Waals surface area contributed by atoms with E-state index in [-0.39, 0.29) is 11.7 Å². The second kappa shape index (κ2) is 5.81. The third-order valence-corrected chi connectivity index (χ3v) is 4.43. The maximum atomic E-state index is 12.8. The van der Waals surface area contributed by atoms with E-state index in [0.29, 0.717) is 17.1 Å². The Balaban J connectivity index is 1.99. The van der Waals surface area contributed by atoms with Crippen molar-refractivity contribution in [2.45, 2.75) is 32.6 Å². The number of amides is 1. The van der Waals surface area contributed by atoms with Crippen molar-refractivity contribution in [3.05, 3.63) is 34.3 Å². The van der Waals surface area contributed by atoms with E-state index >= 15 is 0 Å². The Morgan fingerprint density at radius 3 is 3.14 bits per heavy atom. The van der Waals surface area contributed by atoms with Gasteiger partial charge < -0.3 is 10.0 Å². The molecule has 1 aliphatic rings. The molecular formula is C15H17N3O2S. The van der Waals surface area contributed by atoms with Crippen LogP contribution in [-0.4, -0.2) is 27.1 Å². The summed E-state index contributed by atoms with van der Waals surface area (Å²) < 4.78 is 3.92. The van der Waals surface area contributed by atoms with Gasteiger partial charge in [0.1, 0.15) is 10.6 Å². The maximum absolute atomic E-state index is 12.8. The summed E-state index contributed by atoms with van der Waals surface area (Å²) in [5.41, 5.74) is 2.42. The quantitative estimate of drug-likeness (QED) is 0.947. The molecule has 2 aromatic rings. The first kappa shape index (κ1) is 14.0. The number of phenols is 1. The normalized spacial score (nSPS) is 14.0. The molecule has 0 fully saturated rings. The van der Waals surface area contributed by atoms with Crippen LogP contribution in [0.1, 0.15) is 40.7 Å². The van der Waals surface area contributed by atoms with Crippen molar-refractivity contribution < 1.29 is 9.90 Å². The average Bonchev–Trinajstić information content (AvgIpc) is 2.95. The van der Waals surface area contributed by atoms with Gasteiger partial charge in [-0.25, -0.2) is 0 Å². The van der Waals surface area contributed by atoms with E-state index in [1.165, 1.54) is 0 Å². The Kier molecular flexibility index (Phi) is 3.88. The number of para-hydroxylation sites is 1. The van der Waals surface area contributed by atoms with Crippen molar-refractivity contribution in [2.75, 3.05) is 11.4 Å². The van der Waals surface area contributed by atoms with Crippen molar-refractivity contribution in [3.8, 4) is 5.75 Å². The van der Waals surface area contributed by atoms with Crippen LogP contribution in [0.3, 0.4) is 0 Å². The summed E-state index contributed by atoms with van der Waals surface area (Å²) in [6, 6.07) is 5.41. The number of carbonyl (C=O) groups is 1. The van der Waals surface area contributed by atoms with Crippen LogP contribution in [0.25, 0.3) is 0 Å². The van der Waals surface area contributed by atoms with E-state index in [1.807, 2.05) is 12.1 Å². The van der Waals surface area contributed by atoms with Crippen LogP contribution in [0.4, 0.5) is 5.69 Å². The molecule has 0 saturated heterocycles. The lowest BCUT2D eigenvalue weighted by Gasteiger charge is -2.29. The van der Waals surface area contributed by atoms with Crippen LogP contribution in [0.5, 0.6) is 5.75 Å². The smallest absolute Gasteiger partial charge is 0.272 e. The number of hydrogen-bond donors (Lipinski definition) is 1. The van der Waals surface area contributed by atoms with Gasteiger partial charge >= 0.3 is 0 Å². The number of carbonyl (C=O) groups excluding carboxylic acids is 1. The van der Waals surface area contributed by atoms with Gasteiger partial charge in [0.25, 0.3) is 5.91 Å². The van der Waals surface area contributed by atoms with Gasteiger partial charge in [-0.2, -0.15) is 0 Å². The van der Waals surface area contributed by atoms with E-state index in [2.05, 4.69) is 16.5 Å². The molecule has 110 valence electrons. The van der Waals surface area contributed by atoms with Gasteiger partial charge in [-0.05, 0) is 42.4 Å². The molecule has 21 heavy (non-hydrogen) atoms. The van der Waals surface area contributed by atoms with Gasteiger partial charge in [-0.15, -0.1) is 5.10 Å². The summed E-state index contributed by atoms with van der Waals surface area (Å²) >= 11 is 1.14. The molecule has 6 heteroatoms. The molecule has 3 rings (SSSR count). The zero-order valence-corrected chi connectivity index (χ0v) is 12.7. The molecule has 0 radical (unpaired) electrons. The number of nitrogens with zero attached hydrogens (tertiary/aromatic N) is 3. The topological polar surface area (TPSA) is 66.3 Å². The third-order valence-electron chi connectivity index (χ3n) is 3.68. The number of aromatic nitrogens is 2. The standard InChI is InChI=1S/C15H17N3O2S/c1-2-5-11-14(21-17-16-11)15(20)18-9-4-7-10-6-3-8-12(19)13(10)18/h3,6,8,19H,2,4-5,7,9H2,1H3. The van der Waals surface area contributed by atoms with Crippen LogP contribution in [0.2, 0.25) is 0 Å². The molecule has 1 amide bonds. The van der Waals surface area contributed by atoms with Crippen LogP contribution in [0, 0.1) is 0 Å². The Labute approximate surface area is 127 Å². The number of rotatable bonds is 3. The van der Waals surface area contributed by atoms with E-state index in [0.717, 1.165) is 48.5 Å². The number of phenolic OH excluding ortho intramolecular Hbond substituents is 1. The molecule has 1 aromatic carbocycles. The molecule has 0 atom stereocenters. The molecule has 2 heterocycles. The molecule has 1 N–H and O–H groups in total. The molecule has 1 aliphatic heterocycles. The van der Waals surface area contributed by atoms with Crippen LogP contribution < -0.4 is 4.90 Å². The van der Waals surface area contributed by atoms with Crippen molar-refractivity contribution in [1.82, 2.24) is 9.59 Å². The number of aryl methyl sites for hydroxylation is 2. The minimum atomic E-state index is -0.101. The largest absolute Gasteiger partial charge is 0.506 e. The molecule has 0 spiro atoms. The lowest BCUT2D eigenvalue weighted by Crippen LogP contribution is -2.35. The van der Waals surface area contributed by atoms with Gasteiger partial charge in [0, 0.05) is 6.54 Å². The highest BCUT2D eigenvalue weighted by Gasteiger charge is 2.29. The second-order valence-corrected chi connectivity index (χ2v) is 5.90. The fraction of sp³-hybridized carbons (Fsp3) is 0.400. The lowest BCUT2D eigenvalue weighted by molar-refractivity contribution is 0.0987. The van der Waals surface area contributed by atoms with Crippen LogP contribution >= 0.6 is 11.5 Å². The number of anilines is 1. The summed E-state index contributed by atoms with van der Waals surface area (Å²) in [5, 5.41) is 14.2. The zero-order valence-electron chi connectivity index (χ0n) is 11.9. The highest BCUT2D eigenvalue weighted by molar-refractivity contribution is 7.08. The summed E-state index contributed by atoms with van der Waals surface area (Å²) in [6.07, 6.45) is 3.46. The van der Waals surface area contributed by atoms with Crippen LogP contribution in [0.15, 0.2) is 18.2 Å². The number of fused-ring (bicyclic) bond motifs is 1. The van der Waals surface area contributed by atoms with Crippen LogP contribution in [-0.2, 0) is 12.8 Å². The van der Waals surface area contributed by atoms with Crippen molar-refractivity contribution >= 4 is 23.1 Å². The fourth-order valence-electron chi connectivity index (χ4n) is 2.73. The van der Waals surface area contributed by atoms with E-state index in [4.69, 9.17) is 0 Å². The summed E-state index contributed by atoms with van der Waals surface area (Å²) in [7, 11) is 0. The number of aromatic hydroxyl groups is 1. The summed E-state index contributed by atoms with van der Waals surface area (Å²) in [4.78, 5) is 15.1. The highest BCUT2D eigenvalue weighted by Crippen LogP contribution is 2.36. The maximum Gasteiger partial charge on any atom is 0.272 e. The van der Waals surface area contributed by atoms with Gasteiger partial charge in [0.05, 0.1) is 11.4 Å². The molecule has 5 nitrogen and oxygen atoms in total. The zero-order chi connectivity index (χ0) is 14.8. The van der Waals surface area contributed by atoms with Gasteiger partial charge in [-0.1, -0.05) is 30.0 Å². The fourth-order valence-corrected chi connectivity index (χ4v) is 3.39. The first-order valence-electron chi connectivity index (χ1n) is 7.16. The predicted molar refractivity (Wildman–Crippen MR) is 82.0 cm³/mol. The first-order valence-corrected chi connectivity index (χ1v) is 7.93. The Bertz CT molecular complexity index is 669. The van der Waals surface area contributed by atoms with Gasteiger partial charge in [0.15, 0.2) is 0 Å². The van der Waals surface area contributed by atoms with Gasteiger partial charge in [-0.3, -0.25) is 4.79 Å². The molecule has 0 aliphatic carbocycles. The van der Waals surface area contributed by atoms with Gasteiger partial charge in [0.2, 0.25) is 0 Å². The predicted octanol–water partition coefficient (Wildman–Crippen LogP) is 2.79. The second-order valence-electron chi connectivity index (χ2n) is 5.14. The van der Waals surface area contributed by atoms with Crippen molar-refractivity contribution in [1.29, 1.82) is 0 Å². The first-order chi connectivity index (χ1) is 10.2. The van der Waals surface area contributed by atoms with E-state index in [9.17, 15) is 9.90 Å². The molecular weight excluding hydrogens is 286 g/mol. The lowest BCUT2D eigenvalue weighted by atomic mass is 10.0. The van der Waals surface area contributed by atoms with Crippen molar-refractivity contribution in [3.63, 3.8) is 0 Å². The Morgan fingerprint density at radius 1 is 1.48 bits per heavy atom. The summed E-state index contributed by atoms with van der Waals surface area (Å²) in [5.74, 6) is 0.0611. The minimum absolute atomic E-state index is 0.101. The highest BCUT2D eigenvalue weighted by atomic mass is 32.1. The molecule has 0 bridgehead atoms. The number of benzene rings is 1.